The Morgan fingerprint density at radius 3 is 2.00 bits per heavy atom. The van der Waals surface area contributed by atoms with E-state index in [-0.39, 0.29) is 16.5 Å². The lowest BCUT2D eigenvalue weighted by Gasteiger charge is -2.27. The molecule has 1 aromatic carbocycles. The first-order valence-corrected chi connectivity index (χ1v) is 8.40. The molecule has 0 aromatic heterocycles. The van der Waals surface area contributed by atoms with Gasteiger partial charge in [0.15, 0.2) is 0 Å². The van der Waals surface area contributed by atoms with Crippen molar-refractivity contribution in [2.45, 2.75) is 44.2 Å². The highest BCUT2D eigenvalue weighted by Crippen LogP contribution is 2.25. The molecule has 0 radical (unpaired) electrons. The van der Waals surface area contributed by atoms with Crippen LogP contribution in [0, 0.1) is 5.92 Å². The molecule has 0 aliphatic rings. The van der Waals surface area contributed by atoms with Gasteiger partial charge < -0.3 is 10.1 Å². The van der Waals surface area contributed by atoms with Gasteiger partial charge >= 0.3 is 0 Å². The number of hydrogen-bond acceptors (Lipinski definition) is 3. The third-order valence-electron chi connectivity index (χ3n) is 3.93. The molecule has 114 valence electrons. The van der Waals surface area contributed by atoms with Crippen LogP contribution in [0.25, 0.3) is 0 Å². The molecular weight excluding hydrogens is 270 g/mol. The zero-order chi connectivity index (χ0) is 15.3. The average Bonchev–Trinajstić information content (AvgIpc) is 2.46. The van der Waals surface area contributed by atoms with Crippen molar-refractivity contribution < 1.29 is 8.95 Å². The van der Waals surface area contributed by atoms with E-state index in [0.29, 0.717) is 5.92 Å². The fourth-order valence-corrected chi connectivity index (χ4v) is 4.00. The smallest absolute Gasteiger partial charge is 0.118 e. The van der Waals surface area contributed by atoms with Crippen molar-refractivity contribution >= 4 is 10.8 Å². The van der Waals surface area contributed by atoms with Crippen molar-refractivity contribution in [1.82, 2.24) is 5.32 Å². The lowest BCUT2D eigenvalue weighted by molar-refractivity contribution is 0.414. The monoisotopic (exact) mass is 297 g/mol. The Labute approximate surface area is 125 Å². The Morgan fingerprint density at radius 2 is 1.60 bits per heavy atom. The summed E-state index contributed by atoms with van der Waals surface area (Å²) in [6.07, 6.45) is 0. The maximum absolute atomic E-state index is 12.6. The number of ether oxygens (including phenoxy) is 1. The molecule has 0 saturated carbocycles. The van der Waals surface area contributed by atoms with Gasteiger partial charge in [-0.05, 0) is 37.6 Å². The number of benzene rings is 1. The van der Waals surface area contributed by atoms with Gasteiger partial charge in [0.25, 0.3) is 0 Å². The van der Waals surface area contributed by atoms with E-state index in [1.807, 2.05) is 31.3 Å². The first-order chi connectivity index (χ1) is 9.42. The summed E-state index contributed by atoms with van der Waals surface area (Å²) < 4.78 is 17.8. The van der Waals surface area contributed by atoms with Gasteiger partial charge in [0, 0.05) is 22.1 Å². The van der Waals surface area contributed by atoms with E-state index in [1.54, 1.807) is 7.11 Å². The Morgan fingerprint density at radius 1 is 1.05 bits per heavy atom. The van der Waals surface area contributed by atoms with Crippen molar-refractivity contribution in [3.05, 3.63) is 29.8 Å². The van der Waals surface area contributed by atoms with Crippen molar-refractivity contribution in [3.8, 4) is 5.75 Å². The summed E-state index contributed by atoms with van der Waals surface area (Å²) in [6, 6.07) is 8.05. The molecule has 0 aliphatic carbocycles. The van der Waals surface area contributed by atoms with Gasteiger partial charge in [0.1, 0.15) is 5.75 Å². The minimum atomic E-state index is -0.871. The number of rotatable bonds is 7. The van der Waals surface area contributed by atoms with Gasteiger partial charge in [-0.15, -0.1) is 0 Å². The van der Waals surface area contributed by atoms with Gasteiger partial charge in [-0.1, -0.05) is 32.9 Å². The number of methoxy groups -OCH3 is 1. The molecule has 3 nitrogen and oxygen atoms in total. The molecule has 0 amide bonds. The Balaban J connectivity index is 2.91. The molecule has 4 atom stereocenters. The molecule has 0 saturated heterocycles. The van der Waals surface area contributed by atoms with Crippen molar-refractivity contribution in [2.24, 2.45) is 5.92 Å². The van der Waals surface area contributed by atoms with Crippen LogP contribution >= 0.6 is 0 Å². The summed E-state index contributed by atoms with van der Waals surface area (Å²) in [5.41, 5.74) is 1.14. The highest BCUT2D eigenvalue weighted by Gasteiger charge is 2.27. The molecule has 1 rings (SSSR count). The van der Waals surface area contributed by atoms with Gasteiger partial charge in [0.2, 0.25) is 0 Å². The second-order valence-electron chi connectivity index (χ2n) is 5.52. The molecule has 0 spiro atoms. The average molecular weight is 297 g/mol. The Kier molecular flexibility index (Phi) is 6.69. The van der Waals surface area contributed by atoms with Crippen LogP contribution in [-0.4, -0.2) is 28.9 Å². The zero-order valence-electron chi connectivity index (χ0n) is 13.3. The van der Waals surface area contributed by atoms with Gasteiger partial charge in [-0.25, -0.2) is 0 Å². The molecule has 20 heavy (non-hydrogen) atoms. The zero-order valence-corrected chi connectivity index (χ0v) is 14.2. The summed E-state index contributed by atoms with van der Waals surface area (Å²) in [7, 11) is 2.71. The van der Waals surface area contributed by atoms with Gasteiger partial charge in [-0.3, -0.25) is 4.21 Å². The van der Waals surface area contributed by atoms with Crippen molar-refractivity contribution in [1.29, 1.82) is 0 Å². The fraction of sp³-hybridized carbons (Fsp3) is 0.625. The molecule has 1 aromatic rings. The molecule has 0 fully saturated rings. The van der Waals surface area contributed by atoms with Crippen molar-refractivity contribution in [2.75, 3.05) is 14.2 Å². The molecule has 1 N–H and O–H groups in total. The highest BCUT2D eigenvalue weighted by atomic mass is 32.2. The summed E-state index contributed by atoms with van der Waals surface area (Å²) in [4.78, 5) is 0. The summed E-state index contributed by atoms with van der Waals surface area (Å²) >= 11 is 0. The predicted octanol–water partition coefficient (Wildman–Crippen LogP) is 3.14. The lowest BCUT2D eigenvalue weighted by atomic mass is 10.0. The van der Waals surface area contributed by atoms with E-state index in [2.05, 4.69) is 33.0 Å². The molecular formula is C16H27NO2S. The normalized spacial score (nSPS) is 17.6. The third kappa shape index (κ3) is 4.06. The number of nitrogens with one attached hydrogen (secondary N) is 1. The van der Waals surface area contributed by atoms with Crippen LogP contribution in [0.15, 0.2) is 24.3 Å². The third-order valence-corrected chi connectivity index (χ3v) is 6.21. The first kappa shape index (κ1) is 17.2. The van der Waals surface area contributed by atoms with E-state index in [1.165, 1.54) is 0 Å². The lowest BCUT2D eigenvalue weighted by Crippen LogP contribution is -2.35. The summed E-state index contributed by atoms with van der Waals surface area (Å²) in [5.74, 6) is 1.26. The summed E-state index contributed by atoms with van der Waals surface area (Å²) in [5, 5.41) is 3.55. The topological polar surface area (TPSA) is 38.3 Å². The van der Waals surface area contributed by atoms with E-state index in [4.69, 9.17) is 4.74 Å². The number of hydrogen-bond donors (Lipinski definition) is 1. The maximum atomic E-state index is 12.6. The molecule has 4 heteroatoms. The Hall–Kier alpha value is -0.870. The van der Waals surface area contributed by atoms with Crippen LogP contribution in [0.3, 0.4) is 0 Å². The first-order valence-electron chi connectivity index (χ1n) is 7.13. The van der Waals surface area contributed by atoms with Crippen LogP contribution in [0.1, 0.15) is 39.3 Å². The van der Waals surface area contributed by atoms with E-state index in [9.17, 15) is 4.21 Å². The van der Waals surface area contributed by atoms with E-state index < -0.39 is 10.8 Å². The Bertz CT molecular complexity index is 431. The second-order valence-corrected chi connectivity index (χ2v) is 7.67. The molecule has 0 heterocycles. The highest BCUT2D eigenvalue weighted by molar-refractivity contribution is 7.86. The molecule has 0 aliphatic heterocycles. The largest absolute Gasteiger partial charge is 0.497 e. The SMILES string of the molecule is CNC(c1ccc(OC)cc1)C(C)S(=O)C(C)C(C)C. The van der Waals surface area contributed by atoms with Gasteiger partial charge in [-0.2, -0.15) is 0 Å². The molecule has 0 bridgehead atoms. The van der Waals surface area contributed by atoms with Crippen LogP contribution < -0.4 is 10.1 Å². The second kappa shape index (κ2) is 7.79. The van der Waals surface area contributed by atoms with Crippen LogP contribution in [0.2, 0.25) is 0 Å². The molecule has 4 unspecified atom stereocenters. The maximum Gasteiger partial charge on any atom is 0.118 e. The predicted molar refractivity (Wildman–Crippen MR) is 86.7 cm³/mol. The minimum Gasteiger partial charge on any atom is -0.497 e. The quantitative estimate of drug-likeness (QED) is 0.840. The fourth-order valence-electron chi connectivity index (χ4n) is 2.22. The van der Waals surface area contributed by atoms with E-state index >= 15 is 0 Å². The van der Waals surface area contributed by atoms with Crippen LogP contribution in [-0.2, 0) is 10.8 Å². The standard InChI is InChI=1S/C16H27NO2S/c1-11(2)12(3)20(18)13(4)16(17-5)14-7-9-15(19-6)10-8-14/h7-13,16-17H,1-6H3. The summed E-state index contributed by atoms with van der Waals surface area (Å²) in [6.45, 7) is 8.37. The van der Waals surface area contributed by atoms with Gasteiger partial charge in [0.05, 0.1) is 12.4 Å². The van der Waals surface area contributed by atoms with Crippen LogP contribution in [0.4, 0.5) is 0 Å². The van der Waals surface area contributed by atoms with Crippen molar-refractivity contribution in [3.63, 3.8) is 0 Å². The minimum absolute atomic E-state index is 0.0609. The van der Waals surface area contributed by atoms with E-state index in [0.717, 1.165) is 11.3 Å². The van der Waals surface area contributed by atoms with Crippen LogP contribution in [0.5, 0.6) is 5.75 Å².